The SMILES string of the molecule is O=C(NCCc1c[nH]c2ccccc12)C1CNC1. The van der Waals surface area contributed by atoms with Gasteiger partial charge in [-0.2, -0.15) is 0 Å². The predicted molar refractivity (Wildman–Crippen MR) is 71.4 cm³/mol. The number of benzene rings is 1. The Hall–Kier alpha value is -1.81. The molecule has 0 aliphatic carbocycles. The molecule has 3 N–H and O–H groups in total. The van der Waals surface area contributed by atoms with E-state index in [1.54, 1.807) is 0 Å². The number of nitrogens with one attached hydrogen (secondary N) is 3. The van der Waals surface area contributed by atoms with Gasteiger partial charge in [0.25, 0.3) is 0 Å². The zero-order valence-corrected chi connectivity index (χ0v) is 10.2. The fourth-order valence-corrected chi connectivity index (χ4v) is 2.28. The highest BCUT2D eigenvalue weighted by Gasteiger charge is 2.24. The summed E-state index contributed by atoms with van der Waals surface area (Å²) in [5, 5.41) is 7.35. The third-order valence-electron chi connectivity index (χ3n) is 3.52. The smallest absolute Gasteiger partial charge is 0.225 e. The second-order valence-corrected chi connectivity index (χ2v) is 4.76. The highest BCUT2D eigenvalue weighted by Crippen LogP contribution is 2.17. The molecule has 1 aliphatic rings. The first-order valence-electron chi connectivity index (χ1n) is 6.38. The second-order valence-electron chi connectivity index (χ2n) is 4.76. The van der Waals surface area contributed by atoms with Gasteiger partial charge in [-0.15, -0.1) is 0 Å². The summed E-state index contributed by atoms with van der Waals surface area (Å²) in [4.78, 5) is 14.9. The molecule has 1 aromatic heterocycles. The van der Waals surface area contributed by atoms with Crippen LogP contribution >= 0.6 is 0 Å². The summed E-state index contributed by atoms with van der Waals surface area (Å²) in [5.74, 6) is 0.349. The molecule has 18 heavy (non-hydrogen) atoms. The van der Waals surface area contributed by atoms with Gasteiger partial charge in [-0.05, 0) is 18.1 Å². The molecule has 4 nitrogen and oxygen atoms in total. The van der Waals surface area contributed by atoms with E-state index in [1.165, 1.54) is 10.9 Å². The molecule has 1 saturated heterocycles. The van der Waals surface area contributed by atoms with Crippen molar-refractivity contribution in [1.82, 2.24) is 15.6 Å². The van der Waals surface area contributed by atoms with Crippen molar-refractivity contribution in [3.05, 3.63) is 36.0 Å². The van der Waals surface area contributed by atoms with Gasteiger partial charge >= 0.3 is 0 Å². The molecule has 0 bridgehead atoms. The van der Waals surface area contributed by atoms with Crippen molar-refractivity contribution in [1.29, 1.82) is 0 Å². The maximum atomic E-state index is 11.7. The normalized spacial score (nSPS) is 15.6. The molecule has 4 heteroatoms. The maximum Gasteiger partial charge on any atom is 0.225 e. The van der Waals surface area contributed by atoms with Gasteiger partial charge in [0, 0.05) is 36.7 Å². The Bertz CT molecular complexity index is 557. The molecular formula is C14H17N3O. The highest BCUT2D eigenvalue weighted by atomic mass is 16.2. The van der Waals surface area contributed by atoms with Crippen LogP contribution in [-0.4, -0.2) is 30.5 Å². The van der Waals surface area contributed by atoms with Crippen molar-refractivity contribution in [2.75, 3.05) is 19.6 Å². The molecule has 0 radical (unpaired) electrons. The molecule has 0 atom stereocenters. The molecule has 0 unspecified atom stereocenters. The van der Waals surface area contributed by atoms with E-state index < -0.39 is 0 Å². The minimum atomic E-state index is 0.174. The Morgan fingerprint density at radius 1 is 1.33 bits per heavy atom. The van der Waals surface area contributed by atoms with Crippen LogP contribution in [0.4, 0.5) is 0 Å². The van der Waals surface area contributed by atoms with Gasteiger partial charge in [0.05, 0.1) is 5.92 Å². The molecule has 2 heterocycles. The van der Waals surface area contributed by atoms with E-state index in [1.807, 2.05) is 18.3 Å². The Balaban J connectivity index is 1.58. The van der Waals surface area contributed by atoms with E-state index in [2.05, 4.69) is 27.8 Å². The van der Waals surface area contributed by atoms with E-state index >= 15 is 0 Å². The van der Waals surface area contributed by atoms with Crippen LogP contribution in [0.5, 0.6) is 0 Å². The summed E-state index contributed by atoms with van der Waals surface area (Å²) >= 11 is 0. The second kappa shape index (κ2) is 4.82. The molecule has 3 rings (SSSR count). The van der Waals surface area contributed by atoms with Crippen LogP contribution in [-0.2, 0) is 11.2 Å². The zero-order valence-electron chi connectivity index (χ0n) is 10.2. The number of carbonyl (C=O) groups is 1. The summed E-state index contributed by atoms with van der Waals surface area (Å²) in [6.45, 7) is 2.34. The number of hydrogen-bond donors (Lipinski definition) is 3. The average Bonchev–Trinajstić information content (AvgIpc) is 2.71. The molecular weight excluding hydrogens is 226 g/mol. The van der Waals surface area contributed by atoms with Crippen molar-refractivity contribution >= 4 is 16.8 Å². The molecule has 0 spiro atoms. The maximum absolute atomic E-state index is 11.7. The molecule has 0 saturated carbocycles. The summed E-state index contributed by atoms with van der Waals surface area (Å²) in [6, 6.07) is 8.24. The topological polar surface area (TPSA) is 56.9 Å². The zero-order chi connectivity index (χ0) is 12.4. The van der Waals surface area contributed by atoms with Gasteiger partial charge in [-0.3, -0.25) is 4.79 Å². The number of fused-ring (bicyclic) bond motifs is 1. The Labute approximate surface area is 106 Å². The summed E-state index contributed by atoms with van der Waals surface area (Å²) in [7, 11) is 0. The van der Waals surface area contributed by atoms with Crippen LogP contribution in [0.25, 0.3) is 10.9 Å². The van der Waals surface area contributed by atoms with E-state index in [9.17, 15) is 4.79 Å². The van der Waals surface area contributed by atoms with Crippen molar-refractivity contribution in [3.8, 4) is 0 Å². The third-order valence-corrected chi connectivity index (χ3v) is 3.52. The summed E-state index contributed by atoms with van der Waals surface area (Å²) < 4.78 is 0. The molecule has 1 amide bonds. The van der Waals surface area contributed by atoms with E-state index in [4.69, 9.17) is 0 Å². The lowest BCUT2D eigenvalue weighted by Gasteiger charge is -2.25. The number of H-pyrrole nitrogens is 1. The van der Waals surface area contributed by atoms with E-state index in [-0.39, 0.29) is 11.8 Å². The van der Waals surface area contributed by atoms with Crippen molar-refractivity contribution in [2.24, 2.45) is 5.92 Å². The number of para-hydroxylation sites is 1. The molecule has 1 aliphatic heterocycles. The van der Waals surface area contributed by atoms with E-state index in [0.717, 1.165) is 25.0 Å². The van der Waals surface area contributed by atoms with Crippen LogP contribution in [0.15, 0.2) is 30.5 Å². The summed E-state index contributed by atoms with van der Waals surface area (Å²) in [6.07, 6.45) is 2.90. The van der Waals surface area contributed by atoms with Gasteiger partial charge in [0.1, 0.15) is 0 Å². The first kappa shape index (κ1) is 11.3. The monoisotopic (exact) mass is 243 g/mol. The van der Waals surface area contributed by atoms with Gasteiger partial charge in [0.2, 0.25) is 5.91 Å². The summed E-state index contributed by atoms with van der Waals surface area (Å²) in [5.41, 5.74) is 2.42. The van der Waals surface area contributed by atoms with Crippen molar-refractivity contribution < 1.29 is 4.79 Å². The largest absolute Gasteiger partial charge is 0.361 e. The fraction of sp³-hybridized carbons (Fsp3) is 0.357. The standard InChI is InChI=1S/C14H17N3O/c18-14(11-7-15-8-11)16-6-5-10-9-17-13-4-2-1-3-12(10)13/h1-4,9,11,15,17H,5-8H2,(H,16,18). The lowest BCUT2D eigenvalue weighted by Crippen LogP contribution is -2.51. The lowest BCUT2D eigenvalue weighted by molar-refractivity contribution is -0.126. The van der Waals surface area contributed by atoms with Gasteiger partial charge in [-0.25, -0.2) is 0 Å². The van der Waals surface area contributed by atoms with Crippen LogP contribution in [0.2, 0.25) is 0 Å². The number of carbonyl (C=O) groups excluding carboxylic acids is 1. The quantitative estimate of drug-likeness (QED) is 0.751. The minimum Gasteiger partial charge on any atom is -0.361 e. The van der Waals surface area contributed by atoms with Crippen LogP contribution in [0.1, 0.15) is 5.56 Å². The Kier molecular flexibility index (Phi) is 3.02. The van der Waals surface area contributed by atoms with Crippen LogP contribution in [0.3, 0.4) is 0 Å². The number of hydrogen-bond acceptors (Lipinski definition) is 2. The molecule has 94 valence electrons. The minimum absolute atomic E-state index is 0.174. The average molecular weight is 243 g/mol. The third kappa shape index (κ3) is 2.11. The molecule has 1 fully saturated rings. The van der Waals surface area contributed by atoms with E-state index in [0.29, 0.717) is 6.54 Å². The number of rotatable bonds is 4. The number of aromatic nitrogens is 1. The molecule has 1 aromatic carbocycles. The van der Waals surface area contributed by atoms with Gasteiger partial charge in [0.15, 0.2) is 0 Å². The van der Waals surface area contributed by atoms with Crippen molar-refractivity contribution in [2.45, 2.75) is 6.42 Å². The first-order chi connectivity index (χ1) is 8.84. The molecule has 2 aromatic rings. The number of amides is 1. The Morgan fingerprint density at radius 3 is 2.94 bits per heavy atom. The van der Waals surface area contributed by atoms with Gasteiger partial charge in [-0.1, -0.05) is 18.2 Å². The Morgan fingerprint density at radius 2 is 2.17 bits per heavy atom. The predicted octanol–water partition coefficient (Wildman–Crippen LogP) is 1.05. The lowest BCUT2D eigenvalue weighted by atomic mass is 10.0. The highest BCUT2D eigenvalue weighted by molar-refractivity contribution is 5.83. The van der Waals surface area contributed by atoms with Crippen LogP contribution in [0, 0.1) is 5.92 Å². The number of aromatic amines is 1. The van der Waals surface area contributed by atoms with Gasteiger partial charge < -0.3 is 15.6 Å². The van der Waals surface area contributed by atoms with Crippen LogP contribution < -0.4 is 10.6 Å². The first-order valence-corrected chi connectivity index (χ1v) is 6.38. The fourth-order valence-electron chi connectivity index (χ4n) is 2.28. The van der Waals surface area contributed by atoms with Crippen molar-refractivity contribution in [3.63, 3.8) is 0 Å².